The molecule has 0 atom stereocenters. The first kappa shape index (κ1) is 25.3. The number of hydrogen-bond donors (Lipinski definition) is 2. The van der Waals surface area contributed by atoms with E-state index in [4.69, 9.17) is 10.0 Å². The summed E-state index contributed by atoms with van der Waals surface area (Å²) in [5.74, 6) is -18.3. The molecule has 3 rings (SSSR count). The van der Waals surface area contributed by atoms with E-state index >= 15 is 0 Å². The third kappa shape index (κ3) is 4.91. The molecule has 0 aliphatic heterocycles. The van der Waals surface area contributed by atoms with Crippen molar-refractivity contribution >= 4 is 23.8 Å². The van der Waals surface area contributed by atoms with Crippen molar-refractivity contribution in [1.82, 2.24) is 0 Å². The minimum Gasteiger partial charge on any atom is -0.509 e. The van der Waals surface area contributed by atoms with E-state index in [1.807, 2.05) is 6.07 Å². The predicted octanol–water partition coefficient (Wildman–Crippen LogP) is 4.69. The monoisotopic (exact) mass is 463 g/mol. The fraction of sp³-hybridized carbons (Fsp3) is 0.200. The number of anilines is 1. The van der Waals surface area contributed by atoms with Crippen molar-refractivity contribution in [2.24, 2.45) is 0 Å². The van der Waals surface area contributed by atoms with Gasteiger partial charge < -0.3 is 19.6 Å². The molecule has 0 radical (unpaired) electrons. The van der Waals surface area contributed by atoms with E-state index in [0.717, 1.165) is 13.1 Å². The zero-order chi connectivity index (χ0) is 24.2. The van der Waals surface area contributed by atoms with E-state index in [1.54, 1.807) is 0 Å². The van der Waals surface area contributed by atoms with Crippen molar-refractivity contribution in [3.8, 4) is 5.75 Å². The van der Waals surface area contributed by atoms with Crippen LogP contribution >= 0.6 is 0 Å². The highest BCUT2D eigenvalue weighted by Gasteiger charge is 2.32. The summed E-state index contributed by atoms with van der Waals surface area (Å²) in [5, 5.41) is 13.6. The maximum atomic E-state index is 13.6. The molecule has 0 amide bonds. The van der Waals surface area contributed by atoms with Gasteiger partial charge in [-0.3, -0.25) is 0 Å². The Morgan fingerprint density at radius 2 is 1.12 bits per heavy atom. The average Bonchev–Trinajstić information content (AvgIpc) is 2.78. The van der Waals surface area contributed by atoms with Crippen molar-refractivity contribution in [1.29, 1.82) is 0 Å². The van der Waals surface area contributed by atoms with Crippen LogP contribution in [0.15, 0.2) is 30.3 Å². The van der Waals surface area contributed by atoms with Gasteiger partial charge in [0.25, 0.3) is 0 Å². The normalized spacial score (nSPS) is 10.6. The molecule has 172 valence electrons. The zero-order valence-corrected chi connectivity index (χ0v) is 16.8. The van der Waals surface area contributed by atoms with Gasteiger partial charge in [0.15, 0.2) is 40.7 Å². The third-order valence-corrected chi connectivity index (χ3v) is 4.41. The summed E-state index contributed by atoms with van der Waals surface area (Å²) >= 11 is 0. The first-order chi connectivity index (χ1) is 15.1. The molecule has 32 heavy (non-hydrogen) atoms. The molecule has 2 N–H and O–H groups in total. The van der Waals surface area contributed by atoms with E-state index < -0.39 is 64.6 Å². The fourth-order valence-corrected chi connectivity index (χ4v) is 2.91. The first-order valence-corrected chi connectivity index (χ1v) is 9.21. The Bertz CT molecular complexity index is 1090. The standard InChI is InChI=1S/C10H2BF7O3.C10H15N/c12-3-1-2(5(14)7(16)6(3)15)10(21-11(19)20)9(18)8(17)4(1)13;1-3-11(4-2)10-8-6-5-7-9-10/h19-20H;5-9H,3-4H2,1-2H3. The van der Waals surface area contributed by atoms with Crippen LogP contribution in [0.4, 0.5) is 36.4 Å². The summed E-state index contributed by atoms with van der Waals surface area (Å²) in [6.45, 7) is 6.52. The predicted molar refractivity (Wildman–Crippen MR) is 104 cm³/mol. The molecule has 0 saturated heterocycles. The summed E-state index contributed by atoms with van der Waals surface area (Å²) in [5.41, 5.74) is 1.32. The van der Waals surface area contributed by atoms with Gasteiger partial charge in [-0.15, -0.1) is 0 Å². The number of fused-ring (bicyclic) bond motifs is 1. The van der Waals surface area contributed by atoms with Gasteiger partial charge in [-0.25, -0.2) is 26.3 Å². The van der Waals surface area contributed by atoms with Gasteiger partial charge in [0, 0.05) is 18.8 Å². The first-order valence-electron chi connectivity index (χ1n) is 9.21. The molecular formula is C20H17BF7NO3. The number of hydrogen-bond acceptors (Lipinski definition) is 4. The third-order valence-electron chi connectivity index (χ3n) is 4.41. The molecule has 0 unspecified atom stereocenters. The molecule has 4 nitrogen and oxygen atoms in total. The Kier molecular flexibility index (Phi) is 8.34. The lowest BCUT2D eigenvalue weighted by Crippen LogP contribution is -2.22. The van der Waals surface area contributed by atoms with Crippen molar-refractivity contribution in [3.05, 3.63) is 71.1 Å². The largest absolute Gasteiger partial charge is 0.707 e. The molecule has 0 fully saturated rings. The molecule has 0 bridgehead atoms. The van der Waals surface area contributed by atoms with Crippen LogP contribution in [0.2, 0.25) is 0 Å². The van der Waals surface area contributed by atoms with E-state index in [0.29, 0.717) is 0 Å². The average molecular weight is 463 g/mol. The van der Waals surface area contributed by atoms with Gasteiger partial charge in [0.2, 0.25) is 5.82 Å². The second-order valence-electron chi connectivity index (χ2n) is 6.23. The SMILES string of the molecule is CCN(CC)c1ccccc1.OB(O)Oc1c(F)c(F)c(F)c2c(F)c(F)c(F)c(F)c12. The van der Waals surface area contributed by atoms with E-state index in [1.165, 1.54) is 5.69 Å². The number of halogens is 7. The minimum atomic E-state index is -2.84. The number of rotatable bonds is 5. The quantitative estimate of drug-likeness (QED) is 0.250. The maximum Gasteiger partial charge on any atom is 0.707 e. The Morgan fingerprint density at radius 1 is 0.688 bits per heavy atom. The summed E-state index contributed by atoms with van der Waals surface area (Å²) in [7, 11) is -2.84. The molecule has 3 aromatic rings. The molecule has 0 aromatic heterocycles. The maximum absolute atomic E-state index is 13.6. The van der Waals surface area contributed by atoms with Crippen LogP contribution in [0.25, 0.3) is 10.8 Å². The Morgan fingerprint density at radius 3 is 1.56 bits per heavy atom. The molecule has 0 saturated carbocycles. The van der Waals surface area contributed by atoms with Gasteiger partial charge in [0.05, 0.1) is 10.8 Å². The zero-order valence-electron chi connectivity index (χ0n) is 16.8. The lowest BCUT2D eigenvalue weighted by molar-refractivity contribution is 0.279. The van der Waals surface area contributed by atoms with Crippen LogP contribution < -0.4 is 9.55 Å². The highest BCUT2D eigenvalue weighted by Crippen LogP contribution is 2.38. The van der Waals surface area contributed by atoms with Crippen LogP contribution in [0.3, 0.4) is 0 Å². The van der Waals surface area contributed by atoms with Gasteiger partial charge in [0.1, 0.15) is 0 Å². The minimum absolute atomic E-state index is 1.08. The van der Waals surface area contributed by atoms with Crippen LogP contribution in [0.1, 0.15) is 13.8 Å². The Balaban J connectivity index is 0.000000278. The van der Waals surface area contributed by atoms with Crippen molar-refractivity contribution in [3.63, 3.8) is 0 Å². The second kappa shape index (κ2) is 10.6. The smallest absolute Gasteiger partial charge is 0.509 e. The van der Waals surface area contributed by atoms with Crippen LogP contribution in [0, 0.1) is 40.7 Å². The summed E-state index contributed by atoms with van der Waals surface area (Å²) < 4.78 is 97.1. The summed E-state index contributed by atoms with van der Waals surface area (Å²) in [6, 6.07) is 10.5. The Hall–Kier alpha value is -2.99. The lowest BCUT2D eigenvalue weighted by atomic mass is 10.0. The van der Waals surface area contributed by atoms with E-state index in [-0.39, 0.29) is 0 Å². The fourth-order valence-electron chi connectivity index (χ4n) is 2.91. The van der Waals surface area contributed by atoms with Gasteiger partial charge in [-0.1, -0.05) is 18.2 Å². The summed E-state index contributed by atoms with van der Waals surface area (Å²) in [6.07, 6.45) is 0. The van der Waals surface area contributed by atoms with Gasteiger partial charge in [-0.05, 0) is 26.0 Å². The van der Waals surface area contributed by atoms with Crippen molar-refractivity contribution in [2.75, 3.05) is 18.0 Å². The van der Waals surface area contributed by atoms with E-state index in [9.17, 15) is 30.7 Å². The van der Waals surface area contributed by atoms with Gasteiger partial charge >= 0.3 is 7.32 Å². The lowest BCUT2D eigenvalue weighted by Gasteiger charge is -2.20. The molecule has 12 heteroatoms. The number of benzene rings is 3. The number of para-hydroxylation sites is 1. The molecule has 0 spiro atoms. The van der Waals surface area contributed by atoms with Crippen molar-refractivity contribution in [2.45, 2.75) is 13.8 Å². The Labute approximate surface area is 178 Å². The van der Waals surface area contributed by atoms with Crippen molar-refractivity contribution < 1.29 is 45.4 Å². The van der Waals surface area contributed by atoms with Gasteiger partial charge in [-0.2, -0.15) is 4.39 Å². The van der Waals surface area contributed by atoms with E-state index in [2.05, 4.69) is 47.7 Å². The molecule has 0 heterocycles. The molecule has 3 aromatic carbocycles. The van der Waals surface area contributed by atoms with Crippen LogP contribution in [-0.2, 0) is 0 Å². The molecule has 0 aliphatic carbocycles. The highest BCUT2D eigenvalue weighted by molar-refractivity contribution is 6.34. The molecule has 0 aliphatic rings. The number of nitrogens with zero attached hydrogens (tertiary/aromatic N) is 1. The molecular weight excluding hydrogens is 446 g/mol. The summed E-state index contributed by atoms with van der Waals surface area (Å²) in [4.78, 5) is 2.33. The highest BCUT2D eigenvalue weighted by atomic mass is 19.2. The second-order valence-corrected chi connectivity index (χ2v) is 6.23. The van der Waals surface area contributed by atoms with Crippen LogP contribution in [-0.4, -0.2) is 30.5 Å². The topological polar surface area (TPSA) is 52.9 Å². The van der Waals surface area contributed by atoms with Crippen LogP contribution in [0.5, 0.6) is 5.75 Å².